The lowest BCUT2D eigenvalue weighted by Gasteiger charge is -2.14. The number of nitrogens with zero attached hydrogens (tertiary/aromatic N) is 2. The maximum Gasteiger partial charge on any atom is 0.190 e. The van der Waals surface area contributed by atoms with Crippen LogP contribution in [0.4, 0.5) is 0 Å². The second-order valence-corrected chi connectivity index (χ2v) is 4.00. The third-order valence-electron chi connectivity index (χ3n) is 2.85. The second-order valence-electron chi connectivity index (χ2n) is 4.00. The van der Waals surface area contributed by atoms with Gasteiger partial charge in [-0.25, -0.2) is 0 Å². The monoisotopic (exact) mass is 212 g/mol. The number of likely N-dealkylation sites (tertiary alicyclic amines) is 1. The zero-order valence-electron chi connectivity index (χ0n) is 10.1. The van der Waals surface area contributed by atoms with Crippen molar-refractivity contribution in [2.45, 2.75) is 25.7 Å². The van der Waals surface area contributed by atoms with Crippen LogP contribution in [0.15, 0.2) is 4.99 Å². The highest BCUT2D eigenvalue weighted by Gasteiger charge is 2.09. The number of hydrogen-bond donors (Lipinski definition) is 2. The molecule has 1 saturated heterocycles. The van der Waals surface area contributed by atoms with Crippen LogP contribution < -0.4 is 10.6 Å². The van der Waals surface area contributed by atoms with Gasteiger partial charge in [0.2, 0.25) is 0 Å². The van der Waals surface area contributed by atoms with Crippen molar-refractivity contribution in [2.24, 2.45) is 4.99 Å². The lowest BCUT2D eigenvalue weighted by molar-refractivity contribution is 0.330. The van der Waals surface area contributed by atoms with Crippen LogP contribution in [0, 0.1) is 0 Å². The first-order chi connectivity index (χ1) is 7.36. The first-order valence-corrected chi connectivity index (χ1v) is 5.97. The van der Waals surface area contributed by atoms with E-state index >= 15 is 0 Å². The fourth-order valence-electron chi connectivity index (χ4n) is 1.95. The highest BCUT2D eigenvalue weighted by atomic mass is 15.2. The van der Waals surface area contributed by atoms with E-state index in [9.17, 15) is 0 Å². The Morgan fingerprint density at radius 3 is 2.60 bits per heavy atom. The third-order valence-corrected chi connectivity index (χ3v) is 2.85. The van der Waals surface area contributed by atoms with Crippen molar-refractivity contribution in [1.29, 1.82) is 0 Å². The van der Waals surface area contributed by atoms with Crippen LogP contribution in [0.3, 0.4) is 0 Å². The van der Waals surface area contributed by atoms with Crippen molar-refractivity contribution in [3.8, 4) is 0 Å². The van der Waals surface area contributed by atoms with E-state index < -0.39 is 0 Å². The number of hydrogen-bond acceptors (Lipinski definition) is 2. The number of unbranched alkanes of at least 4 members (excludes halogenated alkanes) is 1. The standard InChI is InChI=1S/C11H24N4/c1-12-11(13-2)14-7-3-4-8-15-9-5-6-10-15/h3-10H2,1-2H3,(H2,12,13,14). The maximum absolute atomic E-state index is 4.07. The molecule has 0 aromatic rings. The minimum Gasteiger partial charge on any atom is -0.359 e. The van der Waals surface area contributed by atoms with Crippen LogP contribution in [0.25, 0.3) is 0 Å². The second kappa shape index (κ2) is 7.51. The van der Waals surface area contributed by atoms with E-state index in [1.165, 1.54) is 45.3 Å². The topological polar surface area (TPSA) is 39.7 Å². The fourth-order valence-corrected chi connectivity index (χ4v) is 1.95. The highest BCUT2D eigenvalue weighted by Crippen LogP contribution is 2.07. The third kappa shape index (κ3) is 5.02. The van der Waals surface area contributed by atoms with Crippen molar-refractivity contribution in [2.75, 3.05) is 40.3 Å². The smallest absolute Gasteiger partial charge is 0.190 e. The summed E-state index contributed by atoms with van der Waals surface area (Å²) in [5, 5.41) is 6.28. The molecular formula is C11H24N4. The first kappa shape index (κ1) is 12.3. The molecule has 0 radical (unpaired) electrons. The minimum absolute atomic E-state index is 0.885. The average Bonchev–Trinajstić information content (AvgIpc) is 2.76. The van der Waals surface area contributed by atoms with Gasteiger partial charge in [0.25, 0.3) is 0 Å². The van der Waals surface area contributed by atoms with Gasteiger partial charge in [-0.15, -0.1) is 0 Å². The van der Waals surface area contributed by atoms with E-state index in [2.05, 4.69) is 20.5 Å². The zero-order valence-corrected chi connectivity index (χ0v) is 10.1. The molecule has 1 rings (SSSR count). The van der Waals surface area contributed by atoms with Crippen LogP contribution in [0.5, 0.6) is 0 Å². The Morgan fingerprint density at radius 1 is 1.27 bits per heavy atom. The summed E-state index contributed by atoms with van der Waals surface area (Å²) in [5.41, 5.74) is 0. The van der Waals surface area contributed by atoms with Gasteiger partial charge in [0, 0.05) is 20.6 Å². The Kier molecular flexibility index (Phi) is 6.16. The van der Waals surface area contributed by atoms with Gasteiger partial charge in [-0.3, -0.25) is 4.99 Å². The first-order valence-electron chi connectivity index (χ1n) is 5.97. The van der Waals surface area contributed by atoms with Gasteiger partial charge in [0.1, 0.15) is 0 Å². The molecule has 0 amide bonds. The zero-order chi connectivity index (χ0) is 10.9. The van der Waals surface area contributed by atoms with Crippen molar-refractivity contribution in [3.63, 3.8) is 0 Å². The summed E-state index contributed by atoms with van der Waals surface area (Å²) in [6, 6.07) is 0. The SMILES string of the molecule is CN=C(NC)NCCCCN1CCCC1. The van der Waals surface area contributed by atoms with Crippen LogP contribution in [-0.4, -0.2) is 51.1 Å². The van der Waals surface area contributed by atoms with Gasteiger partial charge in [0.15, 0.2) is 5.96 Å². The molecular weight excluding hydrogens is 188 g/mol. The van der Waals surface area contributed by atoms with Crippen LogP contribution in [-0.2, 0) is 0 Å². The predicted molar refractivity (Wildman–Crippen MR) is 65.3 cm³/mol. The van der Waals surface area contributed by atoms with Crippen molar-refractivity contribution in [1.82, 2.24) is 15.5 Å². The summed E-state index contributed by atoms with van der Waals surface area (Å²) in [6.07, 6.45) is 5.29. The van der Waals surface area contributed by atoms with Crippen molar-refractivity contribution in [3.05, 3.63) is 0 Å². The number of nitrogens with one attached hydrogen (secondary N) is 2. The Balaban J connectivity index is 1.92. The molecule has 0 unspecified atom stereocenters. The molecule has 4 heteroatoms. The Morgan fingerprint density at radius 2 is 2.00 bits per heavy atom. The maximum atomic E-state index is 4.07. The molecule has 2 N–H and O–H groups in total. The Hall–Kier alpha value is -0.770. The Bertz CT molecular complexity index is 185. The van der Waals surface area contributed by atoms with Gasteiger partial charge < -0.3 is 15.5 Å². The van der Waals surface area contributed by atoms with E-state index in [0.717, 1.165) is 12.5 Å². The van der Waals surface area contributed by atoms with Gasteiger partial charge in [-0.2, -0.15) is 0 Å². The minimum atomic E-state index is 0.885. The molecule has 0 saturated carbocycles. The fraction of sp³-hybridized carbons (Fsp3) is 0.909. The summed E-state index contributed by atoms with van der Waals surface area (Å²) < 4.78 is 0. The number of guanidine groups is 1. The molecule has 88 valence electrons. The average molecular weight is 212 g/mol. The highest BCUT2D eigenvalue weighted by molar-refractivity contribution is 5.79. The molecule has 0 aliphatic carbocycles. The number of aliphatic imine (C=N–C) groups is 1. The van der Waals surface area contributed by atoms with Crippen molar-refractivity contribution < 1.29 is 0 Å². The molecule has 4 nitrogen and oxygen atoms in total. The normalized spacial score (nSPS) is 18.1. The largest absolute Gasteiger partial charge is 0.359 e. The van der Waals surface area contributed by atoms with Gasteiger partial charge in [-0.1, -0.05) is 0 Å². The van der Waals surface area contributed by atoms with E-state index in [0.29, 0.717) is 0 Å². The molecule has 15 heavy (non-hydrogen) atoms. The van der Waals surface area contributed by atoms with Crippen LogP contribution >= 0.6 is 0 Å². The molecule has 0 aromatic carbocycles. The number of rotatable bonds is 5. The molecule has 1 aliphatic rings. The Labute approximate surface area is 93.1 Å². The van der Waals surface area contributed by atoms with E-state index in [4.69, 9.17) is 0 Å². The summed E-state index contributed by atoms with van der Waals surface area (Å²) >= 11 is 0. The van der Waals surface area contributed by atoms with E-state index in [1.807, 2.05) is 7.05 Å². The molecule has 0 aromatic heterocycles. The molecule has 1 fully saturated rings. The van der Waals surface area contributed by atoms with Crippen molar-refractivity contribution >= 4 is 5.96 Å². The van der Waals surface area contributed by atoms with Gasteiger partial charge >= 0.3 is 0 Å². The lowest BCUT2D eigenvalue weighted by atomic mass is 10.3. The summed E-state index contributed by atoms with van der Waals surface area (Å²) in [5.74, 6) is 0.885. The van der Waals surface area contributed by atoms with Crippen LogP contribution in [0.2, 0.25) is 0 Å². The summed E-state index contributed by atoms with van der Waals surface area (Å²) in [6.45, 7) is 4.90. The molecule has 0 spiro atoms. The van der Waals surface area contributed by atoms with Crippen LogP contribution in [0.1, 0.15) is 25.7 Å². The van der Waals surface area contributed by atoms with Gasteiger partial charge in [-0.05, 0) is 45.3 Å². The molecule has 1 aliphatic heterocycles. The quantitative estimate of drug-likeness (QED) is 0.399. The van der Waals surface area contributed by atoms with E-state index in [-0.39, 0.29) is 0 Å². The molecule has 1 heterocycles. The summed E-state index contributed by atoms with van der Waals surface area (Å²) in [7, 11) is 3.68. The predicted octanol–water partition coefficient (Wildman–Crippen LogP) is 0.657. The molecule has 0 bridgehead atoms. The van der Waals surface area contributed by atoms with Gasteiger partial charge in [0.05, 0.1) is 0 Å². The summed E-state index contributed by atoms with van der Waals surface area (Å²) in [4.78, 5) is 6.63. The lowest BCUT2D eigenvalue weighted by Crippen LogP contribution is -2.35. The van der Waals surface area contributed by atoms with E-state index in [1.54, 1.807) is 7.05 Å². The molecule has 0 atom stereocenters.